The Morgan fingerprint density at radius 3 is 1.85 bits per heavy atom. The minimum absolute atomic E-state index is 0.274. The highest BCUT2D eigenvalue weighted by atomic mass is 35.5. The van der Waals surface area contributed by atoms with Crippen molar-refractivity contribution in [2.45, 2.75) is 17.4 Å². The van der Waals surface area contributed by atoms with Crippen LogP contribution >= 0.6 is 23.2 Å². The molecular weight excluding hydrogens is 215 g/mol. The van der Waals surface area contributed by atoms with E-state index in [0.29, 0.717) is 31.4 Å². The van der Waals surface area contributed by atoms with Crippen LogP contribution in [0.4, 0.5) is 0 Å². The Kier molecular flexibility index (Phi) is 2.60. The van der Waals surface area contributed by atoms with Gasteiger partial charge >= 0.3 is 0 Å². The number of nitrogens with zero attached hydrogens (tertiary/aromatic N) is 2. The van der Waals surface area contributed by atoms with Crippen LogP contribution in [0.5, 0.6) is 0 Å². The summed E-state index contributed by atoms with van der Waals surface area (Å²) in [4.78, 5) is 8.07. The highest BCUT2D eigenvalue weighted by Gasteiger charge is 2.22. The minimum atomic E-state index is -0.274. The molecule has 2 aliphatic heterocycles. The van der Waals surface area contributed by atoms with Gasteiger partial charge in [-0.2, -0.15) is 0 Å². The van der Waals surface area contributed by atoms with Crippen molar-refractivity contribution in [1.29, 1.82) is 0 Å². The molecule has 0 N–H and O–H groups in total. The molecule has 2 atom stereocenters. The highest BCUT2D eigenvalue weighted by molar-refractivity contribution is 6.22. The summed E-state index contributed by atoms with van der Waals surface area (Å²) in [5.41, 5.74) is -0.549. The van der Waals surface area contributed by atoms with Gasteiger partial charge in [0.2, 0.25) is 0 Å². The van der Waals surface area contributed by atoms with E-state index in [4.69, 9.17) is 32.7 Å². The van der Waals surface area contributed by atoms with E-state index in [1.54, 1.807) is 0 Å². The molecule has 72 valence electrons. The largest absolute Gasteiger partial charge is 0.477 e. The van der Waals surface area contributed by atoms with Crippen molar-refractivity contribution in [2.75, 3.05) is 13.2 Å². The molecule has 0 unspecified atom stereocenters. The van der Waals surface area contributed by atoms with Crippen LogP contribution < -0.4 is 0 Å². The molecule has 2 heterocycles. The number of ether oxygens (including phenoxy) is 2. The van der Waals surface area contributed by atoms with Gasteiger partial charge in [-0.3, -0.25) is 0 Å². The maximum Gasteiger partial charge on any atom is 0.194 e. The predicted octanol–water partition coefficient (Wildman–Crippen LogP) is 1.36. The molecule has 0 aromatic rings. The number of aliphatic imine (C=N–C) groups is 2. The normalized spacial score (nSPS) is 32.2. The summed E-state index contributed by atoms with van der Waals surface area (Å²) in [6.07, 6.45) is 0.451. The van der Waals surface area contributed by atoms with E-state index >= 15 is 0 Å². The Morgan fingerprint density at radius 2 is 1.54 bits per heavy atom. The van der Waals surface area contributed by atoms with Gasteiger partial charge in [0.1, 0.15) is 13.2 Å². The van der Waals surface area contributed by atoms with Gasteiger partial charge in [0.25, 0.3) is 0 Å². The van der Waals surface area contributed by atoms with Gasteiger partial charge in [0.05, 0.1) is 6.42 Å². The van der Waals surface area contributed by atoms with Crippen LogP contribution in [0.2, 0.25) is 0 Å². The monoisotopic (exact) mass is 222 g/mol. The molecule has 0 saturated carbocycles. The molecule has 0 amide bonds. The fourth-order valence-electron chi connectivity index (χ4n) is 1.11. The molecule has 0 bridgehead atoms. The Labute approximate surface area is 85.5 Å². The number of halogens is 2. The number of alkyl halides is 2. The van der Waals surface area contributed by atoms with E-state index in [-0.39, 0.29) is 11.0 Å². The maximum atomic E-state index is 5.70. The molecule has 6 heteroatoms. The third-order valence-corrected chi connectivity index (χ3v) is 2.09. The second-order valence-corrected chi connectivity index (χ2v) is 3.72. The fourth-order valence-corrected chi connectivity index (χ4v) is 1.46. The topological polar surface area (TPSA) is 43.2 Å². The zero-order chi connectivity index (χ0) is 9.26. The van der Waals surface area contributed by atoms with E-state index < -0.39 is 0 Å². The summed E-state index contributed by atoms with van der Waals surface area (Å²) in [7, 11) is 0. The zero-order valence-electron chi connectivity index (χ0n) is 6.74. The second-order valence-electron chi connectivity index (χ2n) is 2.71. The van der Waals surface area contributed by atoms with Crippen LogP contribution in [0.15, 0.2) is 9.98 Å². The molecule has 0 radical (unpaired) electrons. The van der Waals surface area contributed by atoms with Gasteiger partial charge in [-0.15, -0.1) is 0 Å². The van der Waals surface area contributed by atoms with Crippen molar-refractivity contribution in [3.63, 3.8) is 0 Å². The molecule has 0 aromatic heterocycles. The van der Waals surface area contributed by atoms with Gasteiger partial charge in [0.15, 0.2) is 22.8 Å². The molecule has 0 fully saturated rings. The lowest BCUT2D eigenvalue weighted by Crippen LogP contribution is -2.08. The SMILES string of the molecule is Cl[C@@H]1COC(CC2=N[C@H](Cl)CO2)=N1. The molecule has 13 heavy (non-hydrogen) atoms. The number of hydrogen-bond donors (Lipinski definition) is 0. The van der Waals surface area contributed by atoms with Crippen LogP contribution in [-0.2, 0) is 9.47 Å². The van der Waals surface area contributed by atoms with Crippen molar-refractivity contribution < 1.29 is 9.47 Å². The Balaban J connectivity index is 1.92. The quantitative estimate of drug-likeness (QED) is 0.524. The van der Waals surface area contributed by atoms with Gasteiger partial charge in [-0.1, -0.05) is 23.2 Å². The summed E-state index contributed by atoms with van der Waals surface area (Å²) in [5, 5.41) is 0. The van der Waals surface area contributed by atoms with E-state index in [1.807, 2.05) is 0 Å². The fraction of sp³-hybridized carbons (Fsp3) is 0.714. The summed E-state index contributed by atoms with van der Waals surface area (Å²) in [5.74, 6) is 1.15. The smallest absolute Gasteiger partial charge is 0.194 e. The second kappa shape index (κ2) is 3.72. The zero-order valence-corrected chi connectivity index (χ0v) is 8.25. The third-order valence-electron chi connectivity index (χ3n) is 1.65. The lowest BCUT2D eigenvalue weighted by molar-refractivity contribution is 0.317. The first-order valence-corrected chi connectivity index (χ1v) is 4.78. The summed E-state index contributed by atoms with van der Waals surface area (Å²) in [6, 6.07) is 0. The molecule has 0 aliphatic carbocycles. The van der Waals surface area contributed by atoms with E-state index in [0.717, 1.165) is 0 Å². The van der Waals surface area contributed by atoms with Crippen molar-refractivity contribution in [2.24, 2.45) is 9.98 Å². The third kappa shape index (κ3) is 2.25. The molecular formula is C7H8Cl2N2O2. The van der Waals surface area contributed by atoms with E-state index in [1.165, 1.54) is 0 Å². The Bertz CT molecular complexity index is 241. The van der Waals surface area contributed by atoms with Crippen molar-refractivity contribution in [3.05, 3.63) is 0 Å². The average Bonchev–Trinajstić information content (AvgIpc) is 2.62. The maximum absolute atomic E-state index is 5.70. The van der Waals surface area contributed by atoms with E-state index in [2.05, 4.69) is 9.98 Å². The number of rotatable bonds is 2. The van der Waals surface area contributed by atoms with Crippen LogP contribution in [0.1, 0.15) is 6.42 Å². The molecule has 0 aromatic carbocycles. The van der Waals surface area contributed by atoms with E-state index in [9.17, 15) is 0 Å². The van der Waals surface area contributed by atoms with Gasteiger partial charge < -0.3 is 9.47 Å². The standard InChI is InChI=1S/C7H8Cl2N2O2/c8-4-2-12-6(10-4)1-7-11-5(9)3-13-7/h4-5H,1-3H2/t4-,5-/m0/s1. The summed E-state index contributed by atoms with van der Waals surface area (Å²) >= 11 is 11.4. The van der Waals surface area contributed by atoms with Crippen molar-refractivity contribution >= 4 is 35.0 Å². The predicted molar refractivity (Wildman–Crippen MR) is 50.7 cm³/mol. The first kappa shape index (κ1) is 9.09. The van der Waals surface area contributed by atoms with Crippen LogP contribution in [0.25, 0.3) is 0 Å². The lowest BCUT2D eigenvalue weighted by atomic mass is 10.4. The Hall–Kier alpha value is -0.480. The molecule has 0 saturated heterocycles. The van der Waals surface area contributed by atoms with Gasteiger partial charge in [-0.25, -0.2) is 9.98 Å². The average molecular weight is 223 g/mol. The van der Waals surface area contributed by atoms with Gasteiger partial charge in [-0.05, 0) is 0 Å². The van der Waals surface area contributed by atoms with Gasteiger partial charge in [0, 0.05) is 0 Å². The van der Waals surface area contributed by atoms with Crippen LogP contribution in [0.3, 0.4) is 0 Å². The molecule has 2 aliphatic rings. The molecule has 4 nitrogen and oxygen atoms in total. The Morgan fingerprint density at radius 1 is 1.08 bits per heavy atom. The first-order chi connectivity index (χ1) is 6.24. The highest BCUT2D eigenvalue weighted by Crippen LogP contribution is 2.15. The molecule has 2 rings (SSSR count). The van der Waals surface area contributed by atoms with Crippen LogP contribution in [-0.4, -0.2) is 36.0 Å². The lowest BCUT2D eigenvalue weighted by Gasteiger charge is -2.00. The van der Waals surface area contributed by atoms with Crippen LogP contribution in [0, 0.1) is 0 Å². The van der Waals surface area contributed by atoms with Crippen molar-refractivity contribution in [1.82, 2.24) is 0 Å². The van der Waals surface area contributed by atoms with Crippen molar-refractivity contribution in [3.8, 4) is 0 Å². The summed E-state index contributed by atoms with van der Waals surface area (Å²) < 4.78 is 10.4. The number of hydrogen-bond acceptors (Lipinski definition) is 4. The minimum Gasteiger partial charge on any atom is -0.477 e. The molecule has 0 spiro atoms. The first-order valence-electron chi connectivity index (χ1n) is 3.91. The summed E-state index contributed by atoms with van der Waals surface area (Å²) in [6.45, 7) is 0.850.